The van der Waals surface area contributed by atoms with Gasteiger partial charge >= 0.3 is 0 Å². The Kier molecular flexibility index (Phi) is 5.05. The molecule has 2 aromatic rings. The molecule has 0 aliphatic carbocycles. The van der Waals surface area contributed by atoms with Gasteiger partial charge in [0.15, 0.2) is 0 Å². The molecule has 0 aliphatic rings. The third-order valence-corrected chi connectivity index (χ3v) is 3.66. The van der Waals surface area contributed by atoms with Crippen LogP contribution in [0.3, 0.4) is 0 Å². The molecule has 0 aliphatic heterocycles. The monoisotopic (exact) mass is 324 g/mol. The summed E-state index contributed by atoms with van der Waals surface area (Å²) in [6, 6.07) is 8.60. The van der Waals surface area contributed by atoms with Gasteiger partial charge in [0.2, 0.25) is 5.91 Å². The van der Waals surface area contributed by atoms with Crippen molar-refractivity contribution in [1.29, 1.82) is 0 Å². The predicted molar refractivity (Wildman–Crippen MR) is 78.8 cm³/mol. The molecule has 0 fully saturated rings. The van der Waals surface area contributed by atoms with Crippen LogP contribution in [-0.4, -0.2) is 16.6 Å². The molecule has 0 aromatic heterocycles. The molecular formula is C14H10F2N2O3S. The van der Waals surface area contributed by atoms with Gasteiger partial charge in [-0.1, -0.05) is 12.1 Å². The largest absolute Gasteiger partial charge is 0.320 e. The Morgan fingerprint density at radius 2 is 1.95 bits per heavy atom. The molecule has 1 N–H and O–H groups in total. The fourth-order valence-corrected chi connectivity index (χ4v) is 2.42. The number of carbonyl (C=O) groups is 1. The Hall–Kier alpha value is -2.48. The molecule has 5 nitrogen and oxygen atoms in total. The molecule has 1 amide bonds. The summed E-state index contributed by atoms with van der Waals surface area (Å²) in [5.41, 5.74) is -0.185. The summed E-state index contributed by atoms with van der Waals surface area (Å²) >= 11 is 0.806. The van der Waals surface area contributed by atoms with Gasteiger partial charge in [0.25, 0.3) is 5.69 Å². The normalized spacial score (nSPS) is 10.3. The van der Waals surface area contributed by atoms with Crippen LogP contribution < -0.4 is 5.32 Å². The Bertz CT molecular complexity index is 725. The van der Waals surface area contributed by atoms with Crippen molar-refractivity contribution in [3.63, 3.8) is 0 Å². The van der Waals surface area contributed by atoms with Crippen LogP contribution in [0.2, 0.25) is 0 Å². The number of rotatable bonds is 5. The third-order valence-electron chi connectivity index (χ3n) is 2.63. The number of nitrogens with one attached hydrogen (secondary N) is 1. The SMILES string of the molecule is O=C(CSc1cc(F)ccc1F)Nc1ccccc1[N+](=O)[O-]. The first-order valence-electron chi connectivity index (χ1n) is 6.08. The summed E-state index contributed by atoms with van der Waals surface area (Å²) in [6.45, 7) is 0. The molecule has 0 heterocycles. The topological polar surface area (TPSA) is 72.2 Å². The molecule has 0 bridgehead atoms. The van der Waals surface area contributed by atoms with E-state index in [1.165, 1.54) is 18.2 Å². The van der Waals surface area contributed by atoms with Crippen LogP contribution in [0.25, 0.3) is 0 Å². The fraction of sp³-hybridized carbons (Fsp3) is 0.0714. The Labute approximate surface area is 128 Å². The van der Waals surface area contributed by atoms with Crippen LogP contribution in [0.15, 0.2) is 47.4 Å². The fourth-order valence-electron chi connectivity index (χ4n) is 1.66. The highest BCUT2D eigenvalue weighted by Crippen LogP contribution is 2.25. The van der Waals surface area contributed by atoms with Gasteiger partial charge in [-0.3, -0.25) is 14.9 Å². The Balaban J connectivity index is 2.02. The second-order valence-corrected chi connectivity index (χ2v) is 5.20. The molecule has 0 radical (unpaired) electrons. The number of halogens is 2. The van der Waals surface area contributed by atoms with Gasteiger partial charge < -0.3 is 5.32 Å². The first kappa shape index (κ1) is 15.9. The second kappa shape index (κ2) is 6.99. The molecule has 8 heteroatoms. The second-order valence-electron chi connectivity index (χ2n) is 4.19. The lowest BCUT2D eigenvalue weighted by atomic mass is 10.2. The number of para-hydroxylation sites is 2. The van der Waals surface area contributed by atoms with Gasteiger partial charge in [0, 0.05) is 11.0 Å². The van der Waals surface area contributed by atoms with Crippen molar-refractivity contribution in [1.82, 2.24) is 0 Å². The first-order valence-corrected chi connectivity index (χ1v) is 7.07. The van der Waals surface area contributed by atoms with E-state index in [-0.39, 0.29) is 22.0 Å². The van der Waals surface area contributed by atoms with E-state index in [9.17, 15) is 23.7 Å². The van der Waals surface area contributed by atoms with Gasteiger partial charge in [-0.2, -0.15) is 0 Å². The first-order chi connectivity index (χ1) is 10.5. The van der Waals surface area contributed by atoms with Crippen molar-refractivity contribution in [3.05, 3.63) is 64.2 Å². The van der Waals surface area contributed by atoms with E-state index in [2.05, 4.69) is 5.32 Å². The molecule has 0 saturated carbocycles. The van der Waals surface area contributed by atoms with Crippen LogP contribution in [0, 0.1) is 21.7 Å². The molecule has 22 heavy (non-hydrogen) atoms. The highest BCUT2D eigenvalue weighted by molar-refractivity contribution is 8.00. The third kappa shape index (κ3) is 4.01. The van der Waals surface area contributed by atoms with Crippen molar-refractivity contribution < 1.29 is 18.5 Å². The quantitative estimate of drug-likeness (QED) is 0.518. The van der Waals surface area contributed by atoms with Crippen LogP contribution >= 0.6 is 11.8 Å². The smallest absolute Gasteiger partial charge is 0.292 e. The van der Waals surface area contributed by atoms with Crippen LogP contribution in [0.5, 0.6) is 0 Å². The number of anilines is 1. The van der Waals surface area contributed by atoms with Crippen molar-refractivity contribution >= 4 is 29.0 Å². The number of hydrogen-bond acceptors (Lipinski definition) is 4. The van der Waals surface area contributed by atoms with E-state index in [4.69, 9.17) is 0 Å². The maximum atomic E-state index is 13.4. The summed E-state index contributed by atoms with van der Waals surface area (Å²) in [5.74, 6) is -2.00. The Morgan fingerprint density at radius 1 is 1.23 bits per heavy atom. The van der Waals surface area contributed by atoms with Crippen molar-refractivity contribution in [2.24, 2.45) is 0 Å². The minimum Gasteiger partial charge on any atom is -0.320 e. The number of nitro groups is 1. The van der Waals surface area contributed by atoms with E-state index in [1.54, 1.807) is 6.07 Å². The van der Waals surface area contributed by atoms with Gasteiger partial charge in [-0.25, -0.2) is 8.78 Å². The number of thioether (sulfide) groups is 1. The number of hydrogen-bond donors (Lipinski definition) is 1. The van der Waals surface area contributed by atoms with E-state index in [0.29, 0.717) is 0 Å². The van der Waals surface area contributed by atoms with E-state index in [0.717, 1.165) is 30.0 Å². The summed E-state index contributed by atoms with van der Waals surface area (Å²) in [7, 11) is 0. The summed E-state index contributed by atoms with van der Waals surface area (Å²) in [4.78, 5) is 22.0. The minimum atomic E-state index is -0.634. The maximum absolute atomic E-state index is 13.4. The molecular weight excluding hydrogens is 314 g/mol. The van der Waals surface area contributed by atoms with E-state index >= 15 is 0 Å². The van der Waals surface area contributed by atoms with Crippen LogP contribution in [0.4, 0.5) is 20.2 Å². The maximum Gasteiger partial charge on any atom is 0.292 e. The summed E-state index contributed by atoms with van der Waals surface area (Å²) in [5, 5.41) is 13.2. The van der Waals surface area contributed by atoms with Crippen LogP contribution in [-0.2, 0) is 4.79 Å². The zero-order chi connectivity index (χ0) is 16.1. The lowest BCUT2D eigenvalue weighted by Gasteiger charge is -2.06. The average Bonchev–Trinajstić information content (AvgIpc) is 2.48. The van der Waals surface area contributed by atoms with Crippen LogP contribution in [0.1, 0.15) is 0 Å². The molecule has 2 aromatic carbocycles. The number of nitro benzene ring substituents is 1. The van der Waals surface area contributed by atoms with E-state index < -0.39 is 22.5 Å². The van der Waals surface area contributed by atoms with Crippen molar-refractivity contribution in [2.45, 2.75) is 4.90 Å². The Morgan fingerprint density at radius 3 is 2.68 bits per heavy atom. The number of amides is 1. The van der Waals surface area contributed by atoms with Gasteiger partial charge in [0.1, 0.15) is 17.3 Å². The van der Waals surface area contributed by atoms with Crippen molar-refractivity contribution in [3.8, 4) is 0 Å². The molecule has 114 valence electrons. The van der Waals surface area contributed by atoms with Gasteiger partial charge in [-0.05, 0) is 24.3 Å². The highest BCUT2D eigenvalue weighted by Gasteiger charge is 2.15. The number of benzene rings is 2. The van der Waals surface area contributed by atoms with Gasteiger partial charge in [-0.15, -0.1) is 11.8 Å². The lowest BCUT2D eigenvalue weighted by Crippen LogP contribution is -2.15. The summed E-state index contributed by atoms with van der Waals surface area (Å²) < 4.78 is 26.4. The van der Waals surface area contributed by atoms with E-state index in [1.807, 2.05) is 0 Å². The lowest BCUT2D eigenvalue weighted by molar-refractivity contribution is -0.383. The highest BCUT2D eigenvalue weighted by atomic mass is 32.2. The zero-order valence-electron chi connectivity index (χ0n) is 11.1. The molecule has 0 unspecified atom stereocenters. The van der Waals surface area contributed by atoms with Gasteiger partial charge in [0.05, 0.1) is 10.7 Å². The molecule has 0 spiro atoms. The number of nitrogens with zero attached hydrogens (tertiary/aromatic N) is 1. The average molecular weight is 324 g/mol. The predicted octanol–water partition coefficient (Wildman–Crippen LogP) is 3.60. The zero-order valence-corrected chi connectivity index (χ0v) is 11.9. The molecule has 0 atom stereocenters. The number of carbonyl (C=O) groups excluding carboxylic acids is 1. The van der Waals surface area contributed by atoms with Crippen molar-refractivity contribution in [2.75, 3.05) is 11.1 Å². The molecule has 2 rings (SSSR count). The minimum absolute atomic E-state index is 0.00212. The molecule has 0 saturated heterocycles. The standard InChI is InChI=1S/C14H10F2N2O3S/c15-9-5-6-10(16)13(7-9)22-8-14(19)17-11-3-1-2-4-12(11)18(20)21/h1-7H,8H2,(H,17,19). The summed E-state index contributed by atoms with van der Waals surface area (Å²) in [6.07, 6.45) is 0.